The predicted octanol–water partition coefficient (Wildman–Crippen LogP) is 6.59. The first-order chi connectivity index (χ1) is 16.3. The van der Waals surface area contributed by atoms with Crippen molar-refractivity contribution >= 4 is 49.8 Å². The lowest BCUT2D eigenvalue weighted by Gasteiger charge is -2.21. The van der Waals surface area contributed by atoms with Crippen molar-refractivity contribution in [1.29, 1.82) is 0 Å². The number of aromatic nitrogens is 1. The van der Waals surface area contributed by atoms with Crippen LogP contribution in [-0.4, -0.2) is 15.8 Å². The fourth-order valence-electron chi connectivity index (χ4n) is 4.15. The lowest BCUT2D eigenvalue weighted by atomic mass is 10.0. The van der Waals surface area contributed by atoms with Crippen LogP contribution in [0.15, 0.2) is 64.0 Å². The average molecular weight is 495 g/mol. The van der Waals surface area contributed by atoms with Crippen molar-refractivity contribution in [3.8, 4) is 0 Å². The number of aryl methyl sites for hydroxylation is 2. The van der Waals surface area contributed by atoms with Crippen LogP contribution in [0.4, 0.5) is 4.39 Å². The molecule has 3 aromatic heterocycles. The predicted molar refractivity (Wildman–Crippen MR) is 133 cm³/mol. The molecule has 1 amide bonds. The molecule has 3 heterocycles. The van der Waals surface area contributed by atoms with E-state index < -0.39 is 5.82 Å². The van der Waals surface area contributed by atoms with Gasteiger partial charge in [0, 0.05) is 26.6 Å². The van der Waals surface area contributed by atoms with E-state index in [1.807, 2.05) is 32.0 Å². The van der Waals surface area contributed by atoms with E-state index >= 15 is 0 Å². The summed E-state index contributed by atoms with van der Waals surface area (Å²) in [7, 11) is 0. The molecule has 0 saturated carbocycles. The number of halogens is 2. The van der Waals surface area contributed by atoms with Crippen LogP contribution in [0.25, 0.3) is 21.0 Å². The number of nitrogens with zero attached hydrogens (tertiary/aromatic N) is 1. The number of carbonyl (C=O) groups is 1. The van der Waals surface area contributed by atoms with Gasteiger partial charge in [0.2, 0.25) is 0 Å². The molecule has 1 N–H and O–H groups in total. The number of rotatable bonds is 5. The van der Waals surface area contributed by atoms with Crippen LogP contribution in [0, 0.1) is 19.7 Å². The second kappa shape index (κ2) is 8.74. The third-order valence-corrected chi connectivity index (χ3v) is 7.40. The summed E-state index contributed by atoms with van der Waals surface area (Å²) in [6.07, 6.45) is 1.53. The minimum Gasteiger partial charge on any atom is -0.467 e. The maximum Gasteiger partial charge on any atom is 0.266 e. The zero-order valence-corrected chi connectivity index (χ0v) is 20.0. The van der Waals surface area contributed by atoms with Gasteiger partial charge in [0.05, 0.1) is 24.4 Å². The Hall–Kier alpha value is -3.42. The minimum atomic E-state index is -0.398. The number of carbonyl (C=O) groups excluding carboxylic acids is 1. The number of benzene rings is 2. The number of amides is 1. The Morgan fingerprint density at radius 2 is 1.94 bits per heavy atom. The Morgan fingerprint density at radius 3 is 2.71 bits per heavy atom. The van der Waals surface area contributed by atoms with Gasteiger partial charge in [-0.15, -0.1) is 11.3 Å². The van der Waals surface area contributed by atoms with E-state index in [2.05, 4.69) is 4.98 Å². The summed E-state index contributed by atoms with van der Waals surface area (Å²) in [6.45, 7) is 4.16. The van der Waals surface area contributed by atoms with E-state index in [1.165, 1.54) is 23.3 Å². The third kappa shape index (κ3) is 4.13. The van der Waals surface area contributed by atoms with E-state index in [9.17, 15) is 14.0 Å². The largest absolute Gasteiger partial charge is 0.467 e. The van der Waals surface area contributed by atoms with Crippen molar-refractivity contribution in [1.82, 2.24) is 9.88 Å². The van der Waals surface area contributed by atoms with Gasteiger partial charge < -0.3 is 14.3 Å². The molecule has 5 aromatic rings. The summed E-state index contributed by atoms with van der Waals surface area (Å²) in [5.41, 5.74) is 3.02. The molecule has 5 nitrogen and oxygen atoms in total. The monoisotopic (exact) mass is 494 g/mol. The highest BCUT2D eigenvalue weighted by Gasteiger charge is 2.25. The number of hydrogen-bond acceptors (Lipinski definition) is 4. The van der Waals surface area contributed by atoms with Gasteiger partial charge in [0.25, 0.3) is 11.5 Å². The smallest absolute Gasteiger partial charge is 0.266 e. The first kappa shape index (κ1) is 22.4. The number of furan rings is 1. The van der Waals surface area contributed by atoms with Crippen molar-refractivity contribution < 1.29 is 13.6 Å². The molecule has 0 unspecified atom stereocenters. The minimum absolute atomic E-state index is 0.0526. The summed E-state index contributed by atoms with van der Waals surface area (Å²) < 4.78 is 19.8. The van der Waals surface area contributed by atoms with Crippen LogP contribution < -0.4 is 5.56 Å². The zero-order valence-electron chi connectivity index (χ0n) is 18.4. The lowest BCUT2D eigenvalue weighted by molar-refractivity contribution is 0.0722. The SMILES string of the molecule is Cc1cc(C)c2cc(CN(Cc3ccco3)C(=O)c3sc4cc(F)ccc4c3Cl)c(=O)[nH]c2c1. The Bertz CT molecular complexity index is 1600. The fraction of sp³-hybridized carbons (Fsp3) is 0.154. The molecule has 0 spiro atoms. The highest BCUT2D eigenvalue weighted by atomic mass is 35.5. The van der Waals surface area contributed by atoms with Gasteiger partial charge in [-0.25, -0.2) is 4.39 Å². The summed E-state index contributed by atoms with van der Waals surface area (Å²) in [5.74, 6) is -0.186. The van der Waals surface area contributed by atoms with E-state index in [0.717, 1.165) is 33.4 Å². The van der Waals surface area contributed by atoms with Crippen LogP contribution in [0.3, 0.4) is 0 Å². The van der Waals surface area contributed by atoms with Gasteiger partial charge in [-0.05, 0) is 67.4 Å². The highest BCUT2D eigenvalue weighted by molar-refractivity contribution is 7.21. The van der Waals surface area contributed by atoms with E-state index in [1.54, 1.807) is 18.2 Å². The number of thiophene rings is 1. The average Bonchev–Trinajstić information content (AvgIpc) is 3.41. The second-order valence-electron chi connectivity index (χ2n) is 8.29. The number of hydrogen-bond donors (Lipinski definition) is 1. The first-order valence-corrected chi connectivity index (χ1v) is 11.8. The summed E-state index contributed by atoms with van der Waals surface area (Å²) in [4.78, 5) is 31.3. The van der Waals surface area contributed by atoms with Gasteiger partial charge in [0.1, 0.15) is 16.5 Å². The van der Waals surface area contributed by atoms with Crippen LogP contribution in [-0.2, 0) is 13.1 Å². The standard InChI is InChI=1S/C26H20ClFN2O3S/c1-14-8-15(2)20-10-16(25(31)29-21(20)9-14)12-30(13-18-4-3-7-33-18)26(32)24-23(27)19-6-5-17(28)11-22(19)34-24/h3-11H,12-13H2,1-2H3,(H,29,31). The Labute approximate surface area is 203 Å². The third-order valence-electron chi connectivity index (χ3n) is 5.75. The Morgan fingerprint density at radius 1 is 1.12 bits per heavy atom. The van der Waals surface area contributed by atoms with E-state index in [0.29, 0.717) is 21.4 Å². The van der Waals surface area contributed by atoms with Crippen LogP contribution >= 0.6 is 22.9 Å². The van der Waals surface area contributed by atoms with Crippen LogP contribution in [0.1, 0.15) is 32.1 Å². The number of H-pyrrole nitrogens is 1. The van der Waals surface area contributed by atoms with Gasteiger partial charge in [0.15, 0.2) is 0 Å². The number of fused-ring (bicyclic) bond motifs is 2. The molecule has 0 radical (unpaired) electrons. The first-order valence-electron chi connectivity index (χ1n) is 10.6. The zero-order chi connectivity index (χ0) is 24.0. The van der Waals surface area contributed by atoms with Crippen molar-refractivity contribution in [2.45, 2.75) is 26.9 Å². The molecule has 0 aliphatic rings. The Kier molecular flexibility index (Phi) is 5.75. The maximum atomic E-state index is 13.7. The molecule has 0 atom stereocenters. The number of pyridine rings is 1. The van der Waals surface area contributed by atoms with Gasteiger partial charge >= 0.3 is 0 Å². The van der Waals surface area contributed by atoms with Gasteiger partial charge in [-0.3, -0.25) is 9.59 Å². The summed E-state index contributed by atoms with van der Waals surface area (Å²) in [6, 6.07) is 13.5. The lowest BCUT2D eigenvalue weighted by Crippen LogP contribution is -2.32. The van der Waals surface area contributed by atoms with Crippen molar-refractivity contribution in [3.05, 3.63) is 103 Å². The molecular weight excluding hydrogens is 475 g/mol. The Balaban J connectivity index is 1.57. The maximum absolute atomic E-state index is 13.7. The summed E-state index contributed by atoms with van der Waals surface area (Å²) in [5, 5.41) is 1.80. The topological polar surface area (TPSA) is 66.3 Å². The molecule has 0 aliphatic heterocycles. The van der Waals surface area contributed by atoms with E-state index in [-0.39, 0.29) is 34.5 Å². The molecule has 34 heavy (non-hydrogen) atoms. The van der Waals surface area contributed by atoms with Crippen molar-refractivity contribution in [2.24, 2.45) is 0 Å². The number of aromatic amines is 1. The second-order valence-corrected chi connectivity index (χ2v) is 9.72. The molecular formula is C26H20ClFN2O3S. The van der Waals surface area contributed by atoms with E-state index in [4.69, 9.17) is 16.0 Å². The normalized spacial score (nSPS) is 11.4. The van der Waals surface area contributed by atoms with Crippen LogP contribution in [0.2, 0.25) is 5.02 Å². The van der Waals surface area contributed by atoms with Gasteiger partial charge in [-0.2, -0.15) is 0 Å². The van der Waals surface area contributed by atoms with Crippen LogP contribution in [0.5, 0.6) is 0 Å². The molecule has 172 valence electrons. The quantitative estimate of drug-likeness (QED) is 0.300. The molecule has 0 bridgehead atoms. The molecule has 5 rings (SSSR count). The molecule has 2 aromatic carbocycles. The number of nitrogens with one attached hydrogen (secondary N) is 1. The fourth-order valence-corrected chi connectivity index (χ4v) is 5.65. The molecule has 0 saturated heterocycles. The summed E-state index contributed by atoms with van der Waals surface area (Å²) >= 11 is 7.66. The highest BCUT2D eigenvalue weighted by Crippen LogP contribution is 2.37. The molecule has 8 heteroatoms. The van der Waals surface area contributed by atoms with Gasteiger partial charge in [-0.1, -0.05) is 17.7 Å². The van der Waals surface area contributed by atoms with Crippen molar-refractivity contribution in [2.75, 3.05) is 0 Å². The van der Waals surface area contributed by atoms with Crippen molar-refractivity contribution in [3.63, 3.8) is 0 Å². The molecule has 0 aliphatic carbocycles. The molecule has 0 fully saturated rings.